The maximum absolute atomic E-state index is 11.6. The van der Waals surface area contributed by atoms with Crippen LogP contribution < -0.4 is 11.3 Å². The molecule has 1 aromatic rings. The van der Waals surface area contributed by atoms with Crippen LogP contribution in [0.1, 0.15) is 26.3 Å². The lowest BCUT2D eigenvalue weighted by Crippen LogP contribution is -2.39. The molecule has 0 fully saturated rings. The molecule has 17 heavy (non-hydrogen) atoms. The summed E-state index contributed by atoms with van der Waals surface area (Å²) in [7, 11) is 0. The Morgan fingerprint density at radius 1 is 1.53 bits per heavy atom. The van der Waals surface area contributed by atoms with Gasteiger partial charge in [0.25, 0.3) is 5.56 Å². The second kappa shape index (κ2) is 5.14. The molecule has 0 aliphatic carbocycles. The van der Waals surface area contributed by atoms with E-state index >= 15 is 0 Å². The van der Waals surface area contributed by atoms with Gasteiger partial charge in [0.05, 0.1) is 0 Å². The summed E-state index contributed by atoms with van der Waals surface area (Å²) in [6.45, 7) is 5.31. The summed E-state index contributed by atoms with van der Waals surface area (Å²) in [5.74, 6) is -0.499. The standard InChI is InChI=1S/C12H18N2O3/c1-12(2,3)17-11(16)9(13)7-8-5-4-6-14-10(8)15/h4-6,9H,7,13H2,1-3H3,(H,14,15). The molecule has 0 amide bonds. The van der Waals surface area contributed by atoms with Crippen molar-refractivity contribution in [2.45, 2.75) is 38.8 Å². The number of H-pyrrole nitrogens is 1. The molecular formula is C12H18N2O3. The molecular weight excluding hydrogens is 220 g/mol. The monoisotopic (exact) mass is 238 g/mol. The number of pyridine rings is 1. The molecule has 1 unspecified atom stereocenters. The van der Waals surface area contributed by atoms with Gasteiger partial charge in [-0.1, -0.05) is 6.07 Å². The zero-order chi connectivity index (χ0) is 13.1. The van der Waals surface area contributed by atoms with Crippen LogP contribution in [0.5, 0.6) is 0 Å². The Morgan fingerprint density at radius 2 is 2.18 bits per heavy atom. The third kappa shape index (κ3) is 4.40. The van der Waals surface area contributed by atoms with Gasteiger partial charge < -0.3 is 15.5 Å². The molecule has 5 heteroatoms. The Bertz CT molecular complexity index is 446. The maximum atomic E-state index is 11.6. The van der Waals surface area contributed by atoms with Gasteiger partial charge in [-0.05, 0) is 26.8 Å². The van der Waals surface area contributed by atoms with Crippen molar-refractivity contribution in [3.63, 3.8) is 0 Å². The molecule has 1 heterocycles. The lowest BCUT2D eigenvalue weighted by Gasteiger charge is -2.22. The van der Waals surface area contributed by atoms with Gasteiger partial charge in [-0.2, -0.15) is 0 Å². The van der Waals surface area contributed by atoms with Crippen molar-refractivity contribution in [3.8, 4) is 0 Å². The minimum Gasteiger partial charge on any atom is -0.459 e. The molecule has 5 nitrogen and oxygen atoms in total. The number of carbonyl (C=O) groups excluding carboxylic acids is 1. The van der Waals surface area contributed by atoms with Crippen molar-refractivity contribution in [1.82, 2.24) is 4.98 Å². The number of aromatic amines is 1. The molecule has 0 saturated carbocycles. The fraction of sp³-hybridized carbons (Fsp3) is 0.500. The minimum atomic E-state index is -0.822. The molecule has 1 aromatic heterocycles. The molecule has 0 aliphatic heterocycles. The van der Waals surface area contributed by atoms with Gasteiger partial charge in [0.2, 0.25) is 0 Å². The number of aromatic nitrogens is 1. The number of rotatable bonds is 3. The van der Waals surface area contributed by atoms with E-state index in [9.17, 15) is 9.59 Å². The van der Waals surface area contributed by atoms with Crippen LogP contribution in [0.4, 0.5) is 0 Å². The molecule has 0 radical (unpaired) electrons. The van der Waals surface area contributed by atoms with E-state index in [0.29, 0.717) is 5.56 Å². The average Bonchev–Trinajstić information content (AvgIpc) is 2.18. The number of hydrogen-bond donors (Lipinski definition) is 2. The van der Waals surface area contributed by atoms with E-state index in [2.05, 4.69) is 4.98 Å². The number of carbonyl (C=O) groups is 1. The molecule has 1 rings (SSSR count). The first-order valence-electron chi connectivity index (χ1n) is 5.44. The third-order valence-electron chi connectivity index (χ3n) is 2.05. The molecule has 0 saturated heterocycles. The summed E-state index contributed by atoms with van der Waals surface area (Å²) in [6.07, 6.45) is 1.70. The largest absolute Gasteiger partial charge is 0.459 e. The molecule has 0 bridgehead atoms. The zero-order valence-electron chi connectivity index (χ0n) is 10.3. The van der Waals surface area contributed by atoms with Crippen molar-refractivity contribution in [1.29, 1.82) is 0 Å². The van der Waals surface area contributed by atoms with E-state index in [0.717, 1.165) is 0 Å². The van der Waals surface area contributed by atoms with Crippen molar-refractivity contribution in [2.24, 2.45) is 5.73 Å². The number of hydrogen-bond acceptors (Lipinski definition) is 4. The van der Waals surface area contributed by atoms with Gasteiger partial charge in [0, 0.05) is 18.2 Å². The summed E-state index contributed by atoms with van der Waals surface area (Å²) >= 11 is 0. The van der Waals surface area contributed by atoms with E-state index in [4.69, 9.17) is 10.5 Å². The first-order valence-corrected chi connectivity index (χ1v) is 5.44. The van der Waals surface area contributed by atoms with Crippen molar-refractivity contribution in [2.75, 3.05) is 0 Å². The van der Waals surface area contributed by atoms with Gasteiger partial charge in [0.1, 0.15) is 11.6 Å². The normalized spacial score (nSPS) is 13.2. The number of esters is 1. The lowest BCUT2D eigenvalue weighted by molar-refractivity contribution is -0.156. The molecule has 0 aromatic carbocycles. The SMILES string of the molecule is CC(C)(C)OC(=O)C(N)Cc1ccc[nH]c1=O. The summed E-state index contributed by atoms with van der Waals surface area (Å²) in [6, 6.07) is 2.51. The van der Waals surface area contributed by atoms with Crippen LogP contribution in [-0.2, 0) is 16.0 Å². The quantitative estimate of drug-likeness (QED) is 0.754. The fourth-order valence-electron chi connectivity index (χ4n) is 1.31. The summed E-state index contributed by atoms with van der Waals surface area (Å²) in [5.41, 5.74) is 5.37. The highest BCUT2D eigenvalue weighted by molar-refractivity contribution is 5.76. The number of nitrogens with two attached hydrogens (primary N) is 1. The van der Waals surface area contributed by atoms with E-state index in [1.807, 2.05) is 0 Å². The van der Waals surface area contributed by atoms with Crippen LogP contribution in [0.2, 0.25) is 0 Å². The maximum Gasteiger partial charge on any atom is 0.323 e. The second-order valence-corrected chi connectivity index (χ2v) is 4.87. The van der Waals surface area contributed by atoms with Gasteiger partial charge >= 0.3 is 5.97 Å². The van der Waals surface area contributed by atoms with Gasteiger partial charge in [-0.15, -0.1) is 0 Å². The predicted octanol–water partition coefficient (Wildman–Crippen LogP) is 0.586. The van der Waals surface area contributed by atoms with E-state index in [1.54, 1.807) is 32.9 Å². The van der Waals surface area contributed by atoms with E-state index < -0.39 is 17.6 Å². The number of nitrogens with one attached hydrogen (secondary N) is 1. The highest BCUT2D eigenvalue weighted by Gasteiger charge is 2.22. The minimum absolute atomic E-state index is 0.172. The van der Waals surface area contributed by atoms with Crippen LogP contribution in [0.3, 0.4) is 0 Å². The third-order valence-corrected chi connectivity index (χ3v) is 2.05. The highest BCUT2D eigenvalue weighted by atomic mass is 16.6. The van der Waals surface area contributed by atoms with Crippen molar-refractivity contribution >= 4 is 5.97 Å². The van der Waals surface area contributed by atoms with E-state index in [-0.39, 0.29) is 12.0 Å². The summed E-state index contributed by atoms with van der Waals surface area (Å²) in [4.78, 5) is 25.5. The molecule has 0 aliphatic rings. The number of ether oxygens (including phenoxy) is 1. The topological polar surface area (TPSA) is 85.2 Å². The molecule has 0 spiro atoms. The van der Waals surface area contributed by atoms with Crippen LogP contribution in [-0.4, -0.2) is 22.6 Å². The van der Waals surface area contributed by atoms with Gasteiger partial charge in [-0.3, -0.25) is 9.59 Å². The summed E-state index contributed by atoms with van der Waals surface area (Å²) in [5, 5.41) is 0. The Kier molecular flexibility index (Phi) is 4.07. The smallest absolute Gasteiger partial charge is 0.323 e. The molecule has 1 atom stereocenters. The Morgan fingerprint density at radius 3 is 2.71 bits per heavy atom. The Hall–Kier alpha value is -1.62. The Labute approximate surface area is 100.0 Å². The van der Waals surface area contributed by atoms with Crippen molar-refractivity contribution in [3.05, 3.63) is 34.2 Å². The van der Waals surface area contributed by atoms with E-state index in [1.165, 1.54) is 6.20 Å². The lowest BCUT2D eigenvalue weighted by atomic mass is 10.1. The van der Waals surface area contributed by atoms with Crippen LogP contribution in [0.15, 0.2) is 23.1 Å². The molecule has 94 valence electrons. The van der Waals surface area contributed by atoms with Gasteiger partial charge in [-0.25, -0.2) is 0 Å². The van der Waals surface area contributed by atoms with Crippen LogP contribution in [0.25, 0.3) is 0 Å². The second-order valence-electron chi connectivity index (χ2n) is 4.87. The first kappa shape index (κ1) is 13.4. The highest BCUT2D eigenvalue weighted by Crippen LogP contribution is 2.09. The Balaban J connectivity index is 2.67. The predicted molar refractivity (Wildman–Crippen MR) is 64.6 cm³/mol. The van der Waals surface area contributed by atoms with Crippen LogP contribution >= 0.6 is 0 Å². The van der Waals surface area contributed by atoms with Gasteiger partial charge in [0.15, 0.2) is 0 Å². The average molecular weight is 238 g/mol. The first-order chi connectivity index (χ1) is 7.79. The molecule has 3 N–H and O–H groups in total. The van der Waals surface area contributed by atoms with Crippen molar-refractivity contribution < 1.29 is 9.53 Å². The fourth-order valence-corrected chi connectivity index (χ4v) is 1.31. The summed E-state index contributed by atoms with van der Waals surface area (Å²) < 4.78 is 5.14. The van der Waals surface area contributed by atoms with Crippen LogP contribution in [0, 0.1) is 0 Å². The zero-order valence-corrected chi connectivity index (χ0v) is 10.3.